The first-order valence-electron chi connectivity index (χ1n) is 9.04. The molecule has 0 fully saturated rings. The summed E-state index contributed by atoms with van der Waals surface area (Å²) in [6.45, 7) is 3.10. The predicted molar refractivity (Wildman–Crippen MR) is 133 cm³/mol. The van der Waals surface area contributed by atoms with Crippen LogP contribution >= 0.6 is 39.9 Å². The van der Waals surface area contributed by atoms with E-state index in [0.717, 1.165) is 33.0 Å². The van der Waals surface area contributed by atoms with Crippen molar-refractivity contribution in [1.82, 2.24) is 10.2 Å². The third-order valence-corrected chi connectivity index (χ3v) is 4.78. The molecule has 0 radical (unpaired) electrons. The molecule has 29 heavy (non-hydrogen) atoms. The Morgan fingerprint density at radius 2 is 1.97 bits per heavy atom. The van der Waals surface area contributed by atoms with E-state index in [2.05, 4.69) is 31.6 Å². The second kappa shape index (κ2) is 12.7. The second-order valence-corrected chi connectivity index (χ2v) is 7.31. The molecular weight excluding hydrogens is 547 g/mol. The van der Waals surface area contributed by atoms with Crippen LogP contribution in [0.4, 0.5) is 5.69 Å². The normalized spacial score (nSPS) is 10.7. The van der Waals surface area contributed by atoms with E-state index in [4.69, 9.17) is 4.74 Å². The van der Waals surface area contributed by atoms with E-state index in [1.54, 1.807) is 14.2 Å². The van der Waals surface area contributed by atoms with E-state index in [0.29, 0.717) is 19.5 Å². The molecule has 0 bridgehead atoms. The van der Waals surface area contributed by atoms with Gasteiger partial charge in [-0.1, -0.05) is 40.2 Å². The van der Waals surface area contributed by atoms with Gasteiger partial charge in [0.15, 0.2) is 5.96 Å². The number of hydrogen-bond donors (Lipinski definition) is 2. The number of carbonyl (C=O) groups is 1. The van der Waals surface area contributed by atoms with Crippen LogP contribution in [0.2, 0.25) is 0 Å². The van der Waals surface area contributed by atoms with Gasteiger partial charge in [-0.3, -0.25) is 9.79 Å². The summed E-state index contributed by atoms with van der Waals surface area (Å²) in [4.78, 5) is 18.5. The second-order valence-electron chi connectivity index (χ2n) is 6.40. The van der Waals surface area contributed by atoms with Crippen LogP contribution in [-0.4, -0.2) is 44.5 Å². The number of amides is 1. The number of methoxy groups -OCH3 is 1. The maximum absolute atomic E-state index is 12.3. The number of rotatable bonds is 7. The molecule has 0 heterocycles. The third kappa shape index (κ3) is 7.85. The fraction of sp³-hybridized carbons (Fsp3) is 0.333. The van der Waals surface area contributed by atoms with Crippen molar-refractivity contribution in [3.05, 3.63) is 58.1 Å². The lowest BCUT2D eigenvalue weighted by molar-refractivity contribution is -0.116. The fourth-order valence-electron chi connectivity index (χ4n) is 2.78. The molecule has 0 aliphatic heterocycles. The first kappa shape index (κ1) is 25.2. The molecule has 0 saturated carbocycles. The van der Waals surface area contributed by atoms with Gasteiger partial charge < -0.3 is 20.3 Å². The highest BCUT2D eigenvalue weighted by molar-refractivity contribution is 14.0. The summed E-state index contributed by atoms with van der Waals surface area (Å²) >= 11 is 3.43. The molecule has 0 atom stereocenters. The molecule has 0 saturated heterocycles. The molecule has 0 aliphatic rings. The minimum atomic E-state index is -0.0449. The first-order valence-corrected chi connectivity index (χ1v) is 9.83. The van der Waals surface area contributed by atoms with Crippen LogP contribution in [0.15, 0.2) is 51.9 Å². The fourth-order valence-corrected chi connectivity index (χ4v) is 3.14. The lowest BCUT2D eigenvalue weighted by atomic mass is 10.2. The maximum Gasteiger partial charge on any atom is 0.226 e. The number of carbonyl (C=O) groups excluding carboxylic acids is 1. The minimum absolute atomic E-state index is 0. The molecule has 0 aliphatic carbocycles. The van der Waals surface area contributed by atoms with Crippen LogP contribution in [0, 0.1) is 6.92 Å². The molecule has 2 aromatic carbocycles. The zero-order valence-corrected chi connectivity index (χ0v) is 21.1. The van der Waals surface area contributed by atoms with Gasteiger partial charge in [0.2, 0.25) is 5.91 Å². The molecular formula is C21H28BrIN4O2. The average molecular weight is 575 g/mol. The van der Waals surface area contributed by atoms with E-state index in [-0.39, 0.29) is 29.9 Å². The molecule has 6 nitrogen and oxygen atoms in total. The predicted octanol–water partition coefficient (Wildman–Crippen LogP) is 4.42. The van der Waals surface area contributed by atoms with Gasteiger partial charge >= 0.3 is 0 Å². The standard InChI is InChI=1S/C21H27BrN4O2.HI/c1-15-9-10-17(22)13-18(15)25-20(27)11-12-24-21(23-2)26(3)14-16-7-5-6-8-19(16)28-4;/h5-10,13H,11-12,14H2,1-4H3,(H,23,24)(H,25,27);1H. The Morgan fingerprint density at radius 3 is 2.66 bits per heavy atom. The van der Waals surface area contributed by atoms with E-state index in [1.165, 1.54) is 0 Å². The summed E-state index contributed by atoms with van der Waals surface area (Å²) in [6.07, 6.45) is 0.341. The number of ether oxygens (including phenoxy) is 1. The summed E-state index contributed by atoms with van der Waals surface area (Å²) in [7, 11) is 5.34. The molecule has 158 valence electrons. The van der Waals surface area contributed by atoms with Crippen molar-refractivity contribution >= 4 is 57.5 Å². The lowest BCUT2D eigenvalue weighted by Gasteiger charge is -2.23. The largest absolute Gasteiger partial charge is 0.496 e. The van der Waals surface area contributed by atoms with Gasteiger partial charge in [-0.05, 0) is 30.7 Å². The van der Waals surface area contributed by atoms with Crippen LogP contribution in [0.1, 0.15) is 17.5 Å². The van der Waals surface area contributed by atoms with Crippen LogP contribution in [0.25, 0.3) is 0 Å². The number of anilines is 1. The Morgan fingerprint density at radius 1 is 1.24 bits per heavy atom. The van der Waals surface area contributed by atoms with Crippen molar-refractivity contribution in [2.75, 3.05) is 33.1 Å². The number of nitrogens with one attached hydrogen (secondary N) is 2. The Bertz CT molecular complexity index is 845. The number of halogens is 2. The SMILES string of the molecule is CN=C(NCCC(=O)Nc1cc(Br)ccc1C)N(C)Cc1ccccc1OC.I. The smallest absolute Gasteiger partial charge is 0.226 e. The molecule has 0 aromatic heterocycles. The van der Waals surface area contributed by atoms with Gasteiger partial charge in [0.1, 0.15) is 5.75 Å². The van der Waals surface area contributed by atoms with E-state index >= 15 is 0 Å². The summed E-state index contributed by atoms with van der Waals surface area (Å²) in [5, 5.41) is 6.18. The molecule has 0 unspecified atom stereocenters. The van der Waals surface area contributed by atoms with Crippen LogP contribution in [0.5, 0.6) is 5.75 Å². The van der Waals surface area contributed by atoms with Gasteiger partial charge in [0.25, 0.3) is 0 Å². The Balaban J connectivity index is 0.00000420. The third-order valence-electron chi connectivity index (χ3n) is 4.28. The van der Waals surface area contributed by atoms with Crippen LogP contribution in [-0.2, 0) is 11.3 Å². The first-order chi connectivity index (χ1) is 13.4. The van der Waals surface area contributed by atoms with Crippen molar-refractivity contribution in [3.63, 3.8) is 0 Å². The summed E-state index contributed by atoms with van der Waals surface area (Å²) in [5.41, 5.74) is 2.91. The number of aryl methyl sites for hydroxylation is 1. The highest BCUT2D eigenvalue weighted by atomic mass is 127. The van der Waals surface area contributed by atoms with Crippen molar-refractivity contribution in [1.29, 1.82) is 0 Å². The molecule has 2 N–H and O–H groups in total. The van der Waals surface area contributed by atoms with Gasteiger partial charge in [-0.15, -0.1) is 24.0 Å². The summed E-state index contributed by atoms with van der Waals surface area (Å²) in [6, 6.07) is 13.7. The summed E-state index contributed by atoms with van der Waals surface area (Å²) in [5.74, 6) is 1.52. The number of aliphatic imine (C=N–C) groups is 1. The van der Waals surface area contributed by atoms with Gasteiger partial charge in [0.05, 0.1) is 7.11 Å². The monoisotopic (exact) mass is 574 g/mol. The lowest BCUT2D eigenvalue weighted by Crippen LogP contribution is -2.39. The van der Waals surface area contributed by atoms with Crippen LogP contribution in [0.3, 0.4) is 0 Å². The number of hydrogen-bond acceptors (Lipinski definition) is 3. The Hall–Kier alpha value is -1.81. The van der Waals surface area contributed by atoms with Gasteiger partial charge in [0, 0.05) is 49.3 Å². The maximum atomic E-state index is 12.3. The van der Waals surface area contributed by atoms with E-state index in [9.17, 15) is 4.79 Å². The average Bonchev–Trinajstić information content (AvgIpc) is 2.68. The molecule has 0 spiro atoms. The Kier molecular flexibility index (Phi) is 11.0. The number of nitrogens with zero attached hydrogens (tertiary/aromatic N) is 2. The summed E-state index contributed by atoms with van der Waals surface area (Å²) < 4.78 is 6.34. The minimum Gasteiger partial charge on any atom is -0.496 e. The van der Waals surface area contributed by atoms with Gasteiger partial charge in [-0.2, -0.15) is 0 Å². The van der Waals surface area contributed by atoms with Gasteiger partial charge in [-0.25, -0.2) is 0 Å². The Labute approximate surface area is 198 Å². The highest BCUT2D eigenvalue weighted by Gasteiger charge is 2.11. The molecule has 1 amide bonds. The number of para-hydroxylation sites is 1. The highest BCUT2D eigenvalue weighted by Crippen LogP contribution is 2.21. The van der Waals surface area contributed by atoms with Crippen molar-refractivity contribution in [3.8, 4) is 5.75 Å². The zero-order valence-electron chi connectivity index (χ0n) is 17.2. The van der Waals surface area contributed by atoms with Crippen molar-refractivity contribution in [2.45, 2.75) is 19.9 Å². The number of benzene rings is 2. The van der Waals surface area contributed by atoms with Crippen molar-refractivity contribution < 1.29 is 9.53 Å². The molecule has 2 rings (SSSR count). The van der Waals surface area contributed by atoms with E-state index in [1.807, 2.05) is 61.3 Å². The van der Waals surface area contributed by atoms with Crippen molar-refractivity contribution in [2.24, 2.45) is 4.99 Å². The van der Waals surface area contributed by atoms with Crippen LogP contribution < -0.4 is 15.4 Å². The topological polar surface area (TPSA) is 66.0 Å². The van der Waals surface area contributed by atoms with E-state index < -0.39 is 0 Å². The zero-order chi connectivity index (χ0) is 20.5. The number of guanidine groups is 1. The molecule has 2 aromatic rings. The molecule has 8 heteroatoms. The quantitative estimate of drug-likeness (QED) is 0.292.